The molecule has 0 fully saturated rings. The summed E-state index contributed by atoms with van der Waals surface area (Å²) in [5.74, 6) is -0.532. The Bertz CT molecular complexity index is 1260. The molecule has 0 saturated carbocycles. The lowest BCUT2D eigenvalue weighted by Gasteiger charge is -2.12. The lowest BCUT2D eigenvalue weighted by Crippen LogP contribution is -2.18. The van der Waals surface area contributed by atoms with Crippen LogP contribution >= 0.6 is 23.2 Å². The number of anilines is 1. The molecule has 0 unspecified atom stereocenters. The summed E-state index contributed by atoms with van der Waals surface area (Å²) < 4.78 is 63.2. The summed E-state index contributed by atoms with van der Waals surface area (Å²) in [6, 6.07) is 8.10. The molecular weight excluding hydrogens is 480 g/mol. The number of nitrogens with one attached hydrogen (secondary N) is 1. The summed E-state index contributed by atoms with van der Waals surface area (Å²) in [4.78, 5) is 11.8. The maximum absolute atomic E-state index is 12.8. The summed E-state index contributed by atoms with van der Waals surface area (Å²) >= 11 is 11.9. The number of hydrogen-bond donors (Lipinski definition) is 2. The zero-order chi connectivity index (χ0) is 23.0. The molecule has 164 valence electrons. The zero-order valence-corrected chi connectivity index (χ0v) is 17.6. The van der Waals surface area contributed by atoms with Crippen molar-refractivity contribution in [3.05, 3.63) is 70.0 Å². The van der Waals surface area contributed by atoms with Gasteiger partial charge in [-0.2, -0.15) is 18.3 Å². The zero-order valence-electron chi connectivity index (χ0n) is 15.3. The number of nitrogens with two attached hydrogens (primary N) is 1. The molecule has 0 aliphatic rings. The Kier molecular flexibility index (Phi) is 6.33. The molecule has 0 bridgehead atoms. The quantitative estimate of drug-likeness (QED) is 0.560. The average molecular weight is 493 g/mol. The van der Waals surface area contributed by atoms with Crippen molar-refractivity contribution >= 4 is 44.8 Å². The van der Waals surface area contributed by atoms with E-state index < -0.39 is 32.6 Å². The van der Waals surface area contributed by atoms with Gasteiger partial charge in [0.05, 0.1) is 23.9 Å². The van der Waals surface area contributed by atoms with Gasteiger partial charge in [0.25, 0.3) is 0 Å². The third-order valence-corrected chi connectivity index (χ3v) is 5.61. The van der Waals surface area contributed by atoms with E-state index >= 15 is 0 Å². The normalized spacial score (nSPS) is 12.1. The first-order valence-corrected chi connectivity index (χ1v) is 10.7. The van der Waals surface area contributed by atoms with Crippen LogP contribution in [0, 0.1) is 0 Å². The van der Waals surface area contributed by atoms with Gasteiger partial charge in [0.2, 0.25) is 15.9 Å². The number of benzene rings is 2. The summed E-state index contributed by atoms with van der Waals surface area (Å²) in [6.45, 7) is 0. The van der Waals surface area contributed by atoms with Gasteiger partial charge in [-0.05, 0) is 42.0 Å². The lowest BCUT2D eigenvalue weighted by atomic mass is 10.1. The number of sulfonamides is 1. The maximum atomic E-state index is 12.8. The fourth-order valence-electron chi connectivity index (χ4n) is 2.67. The molecule has 0 atom stereocenters. The number of amides is 1. The Morgan fingerprint density at radius 1 is 1.16 bits per heavy atom. The molecule has 7 nitrogen and oxygen atoms in total. The number of hydrogen-bond acceptors (Lipinski definition) is 4. The Hall–Kier alpha value is -2.60. The van der Waals surface area contributed by atoms with Gasteiger partial charge in [-0.15, -0.1) is 0 Å². The Labute approximate surface area is 184 Å². The summed E-state index contributed by atoms with van der Waals surface area (Å²) in [7, 11) is -4.37. The molecule has 31 heavy (non-hydrogen) atoms. The number of halogens is 5. The van der Waals surface area contributed by atoms with E-state index in [2.05, 4.69) is 10.4 Å². The molecule has 2 aromatic carbocycles. The van der Waals surface area contributed by atoms with Crippen LogP contribution in [0.5, 0.6) is 0 Å². The minimum Gasteiger partial charge on any atom is -0.326 e. The molecule has 3 N–H and O–H groups in total. The second-order valence-corrected chi connectivity index (χ2v) is 8.73. The second kappa shape index (κ2) is 8.50. The first kappa shape index (κ1) is 23.1. The number of nitrogens with zero attached hydrogens (tertiary/aromatic N) is 2. The molecule has 3 aromatic rings. The smallest absolute Gasteiger partial charge is 0.326 e. The third kappa shape index (κ3) is 5.56. The second-order valence-electron chi connectivity index (χ2n) is 6.36. The van der Waals surface area contributed by atoms with Crippen LogP contribution in [-0.2, 0) is 27.4 Å². The number of carbonyl (C=O) groups excluding carboxylic acids is 1. The SMILES string of the molecule is NS(=O)(=O)c1cc(NC(=O)Cc2cc(Cl)ccc2Cl)ccc1-n1cc(C(F)(F)F)cn1. The molecule has 0 saturated heterocycles. The van der Waals surface area contributed by atoms with Gasteiger partial charge in [-0.1, -0.05) is 23.2 Å². The molecule has 0 radical (unpaired) electrons. The highest BCUT2D eigenvalue weighted by atomic mass is 35.5. The molecule has 1 heterocycles. The van der Waals surface area contributed by atoms with E-state index in [1.807, 2.05) is 0 Å². The van der Waals surface area contributed by atoms with Crippen LogP contribution in [0.1, 0.15) is 11.1 Å². The van der Waals surface area contributed by atoms with E-state index in [-0.39, 0.29) is 17.8 Å². The number of alkyl halides is 3. The first-order valence-electron chi connectivity index (χ1n) is 8.37. The van der Waals surface area contributed by atoms with Crippen molar-refractivity contribution in [2.75, 3.05) is 5.32 Å². The monoisotopic (exact) mass is 492 g/mol. The molecule has 13 heteroatoms. The maximum Gasteiger partial charge on any atom is 0.419 e. The molecular formula is C18H13Cl2F3N4O3S. The van der Waals surface area contributed by atoms with Crippen molar-refractivity contribution in [1.29, 1.82) is 0 Å². The fourth-order valence-corrected chi connectivity index (χ4v) is 3.79. The van der Waals surface area contributed by atoms with Gasteiger partial charge in [-0.25, -0.2) is 18.2 Å². The van der Waals surface area contributed by atoms with Crippen molar-refractivity contribution in [3.8, 4) is 5.69 Å². The van der Waals surface area contributed by atoms with Gasteiger partial charge in [-0.3, -0.25) is 4.79 Å². The molecule has 1 amide bonds. The van der Waals surface area contributed by atoms with Crippen molar-refractivity contribution in [2.24, 2.45) is 5.14 Å². The van der Waals surface area contributed by atoms with Gasteiger partial charge in [0.15, 0.2) is 0 Å². The largest absolute Gasteiger partial charge is 0.419 e. The van der Waals surface area contributed by atoms with E-state index in [0.29, 0.717) is 28.0 Å². The van der Waals surface area contributed by atoms with Crippen LogP contribution in [0.3, 0.4) is 0 Å². The molecule has 0 aliphatic heterocycles. The number of rotatable bonds is 5. The highest BCUT2D eigenvalue weighted by Crippen LogP contribution is 2.30. The minimum atomic E-state index is -4.66. The highest BCUT2D eigenvalue weighted by molar-refractivity contribution is 7.89. The Morgan fingerprint density at radius 2 is 1.87 bits per heavy atom. The van der Waals surface area contributed by atoms with Crippen LogP contribution in [0.4, 0.5) is 18.9 Å². The number of aromatic nitrogens is 2. The average Bonchev–Trinajstić information content (AvgIpc) is 3.14. The molecule has 1 aromatic heterocycles. The number of carbonyl (C=O) groups is 1. The van der Waals surface area contributed by atoms with Crippen LogP contribution in [0.25, 0.3) is 5.69 Å². The van der Waals surface area contributed by atoms with Crippen LogP contribution in [0.15, 0.2) is 53.7 Å². The number of primary sulfonamides is 1. The van der Waals surface area contributed by atoms with Crippen molar-refractivity contribution in [2.45, 2.75) is 17.5 Å². The first-order chi connectivity index (χ1) is 14.3. The Morgan fingerprint density at radius 3 is 2.48 bits per heavy atom. The van der Waals surface area contributed by atoms with Crippen LogP contribution in [0.2, 0.25) is 10.0 Å². The van der Waals surface area contributed by atoms with Crippen LogP contribution in [-0.4, -0.2) is 24.1 Å². The van der Waals surface area contributed by atoms with Crippen molar-refractivity contribution in [1.82, 2.24) is 9.78 Å². The summed E-state index contributed by atoms with van der Waals surface area (Å²) in [6.07, 6.45) is -3.63. The van der Waals surface area contributed by atoms with E-state index in [1.165, 1.54) is 24.3 Å². The van der Waals surface area contributed by atoms with Crippen molar-refractivity contribution < 1.29 is 26.4 Å². The van der Waals surface area contributed by atoms with E-state index in [9.17, 15) is 26.4 Å². The lowest BCUT2D eigenvalue weighted by molar-refractivity contribution is -0.137. The minimum absolute atomic E-state index is 0.0547. The molecule has 0 spiro atoms. The van der Waals surface area contributed by atoms with Gasteiger partial charge < -0.3 is 5.32 Å². The third-order valence-electron chi connectivity index (χ3n) is 4.07. The van der Waals surface area contributed by atoms with E-state index in [4.69, 9.17) is 28.3 Å². The summed E-state index contributed by atoms with van der Waals surface area (Å²) in [5.41, 5.74) is -0.775. The van der Waals surface area contributed by atoms with E-state index in [1.54, 1.807) is 6.07 Å². The van der Waals surface area contributed by atoms with Gasteiger partial charge in [0, 0.05) is 21.9 Å². The van der Waals surface area contributed by atoms with E-state index in [0.717, 1.165) is 10.7 Å². The van der Waals surface area contributed by atoms with Gasteiger partial charge in [0.1, 0.15) is 4.90 Å². The van der Waals surface area contributed by atoms with Crippen molar-refractivity contribution in [3.63, 3.8) is 0 Å². The predicted molar refractivity (Wildman–Crippen MR) is 109 cm³/mol. The summed E-state index contributed by atoms with van der Waals surface area (Å²) in [5, 5.41) is 12.0. The van der Waals surface area contributed by atoms with Gasteiger partial charge >= 0.3 is 6.18 Å². The fraction of sp³-hybridized carbons (Fsp3) is 0.111. The Balaban J connectivity index is 1.91. The predicted octanol–water partition coefficient (Wildman–Crippen LogP) is 4.03. The highest BCUT2D eigenvalue weighted by Gasteiger charge is 2.32. The molecule has 0 aliphatic carbocycles. The molecule has 3 rings (SSSR count). The topological polar surface area (TPSA) is 107 Å². The van der Waals surface area contributed by atoms with Crippen LogP contribution < -0.4 is 10.5 Å². The standard InChI is InChI=1S/C18H13Cl2F3N4O3S/c19-12-1-3-14(20)10(5-12)6-17(28)26-13-2-4-15(16(7-13)31(24,29)30)27-9-11(8-25-27)18(21,22)23/h1-5,7-9H,6H2,(H,26,28)(H2,24,29,30).